The lowest BCUT2D eigenvalue weighted by Crippen LogP contribution is -2.42. The predicted octanol–water partition coefficient (Wildman–Crippen LogP) is 6.52. The molecule has 5 rings (SSSR count). The average Bonchev–Trinajstić information content (AvgIpc) is 3.32. The Hall–Kier alpha value is -3.45. The number of fused-ring (bicyclic) bond motifs is 1. The minimum absolute atomic E-state index is 0.0878. The number of amides is 2. The van der Waals surface area contributed by atoms with Crippen molar-refractivity contribution in [2.45, 2.75) is 64.1 Å². The molecule has 1 aliphatic carbocycles. The molecular weight excluding hydrogens is 552 g/mol. The fourth-order valence-electron chi connectivity index (χ4n) is 5.46. The summed E-state index contributed by atoms with van der Waals surface area (Å²) in [6.45, 7) is 1.44. The maximum absolute atomic E-state index is 13.9. The second-order valence-corrected chi connectivity index (χ2v) is 11.2. The van der Waals surface area contributed by atoms with E-state index in [9.17, 15) is 9.59 Å². The van der Waals surface area contributed by atoms with E-state index in [1.807, 2.05) is 54.6 Å². The van der Waals surface area contributed by atoms with Crippen molar-refractivity contribution in [2.75, 3.05) is 6.54 Å². The van der Waals surface area contributed by atoms with Crippen LogP contribution >= 0.6 is 15.9 Å². The Kier molecular flexibility index (Phi) is 9.09. The molecule has 0 saturated heterocycles. The highest BCUT2D eigenvalue weighted by molar-refractivity contribution is 9.10. The maximum atomic E-state index is 13.9. The van der Waals surface area contributed by atoms with Crippen molar-refractivity contribution >= 4 is 38.8 Å². The average molecular weight is 588 g/mol. The van der Waals surface area contributed by atoms with E-state index >= 15 is 0 Å². The number of nitrogens with zero attached hydrogens (tertiary/aromatic N) is 3. The first kappa shape index (κ1) is 27.1. The molecule has 3 aromatic carbocycles. The summed E-state index contributed by atoms with van der Waals surface area (Å²) in [6.07, 6.45) is 7.13. The number of carbonyl (C=O) groups is 2. The molecule has 6 nitrogen and oxygen atoms in total. The van der Waals surface area contributed by atoms with Gasteiger partial charge in [0.25, 0.3) is 5.91 Å². The smallest absolute Gasteiger partial charge is 0.251 e. The largest absolute Gasteiger partial charge is 0.352 e. The molecule has 1 heterocycles. The SMILES string of the molecule is O=C(NCCCc1nc2ccccc2n1CC(=O)N(Cc1ccccc1)C1CCCCC1)c1ccc(Br)cc1. The minimum Gasteiger partial charge on any atom is -0.352 e. The van der Waals surface area contributed by atoms with Crippen LogP contribution in [0.5, 0.6) is 0 Å². The van der Waals surface area contributed by atoms with Gasteiger partial charge in [-0.05, 0) is 61.2 Å². The standard InChI is InChI=1S/C32H35BrN4O2/c33-26-19-17-25(18-20-26)32(39)34-21-9-16-30-35-28-14-7-8-15-29(28)37(30)23-31(38)36(27-12-5-2-6-13-27)22-24-10-3-1-4-11-24/h1,3-4,7-8,10-11,14-15,17-20,27H,2,5-6,9,12-13,16,21-23H2,(H,34,39). The molecule has 1 saturated carbocycles. The van der Waals surface area contributed by atoms with Crippen LogP contribution in [0.2, 0.25) is 0 Å². The van der Waals surface area contributed by atoms with Crippen LogP contribution in [0, 0.1) is 0 Å². The summed E-state index contributed by atoms with van der Waals surface area (Å²) in [4.78, 5) is 33.4. The van der Waals surface area contributed by atoms with Crippen LogP contribution in [0.3, 0.4) is 0 Å². The summed E-state index contributed by atoms with van der Waals surface area (Å²) in [6, 6.07) is 25.9. The number of hydrogen-bond donors (Lipinski definition) is 1. The van der Waals surface area contributed by atoms with Gasteiger partial charge in [0.1, 0.15) is 12.4 Å². The van der Waals surface area contributed by atoms with Crippen LogP contribution < -0.4 is 5.32 Å². The van der Waals surface area contributed by atoms with Crippen LogP contribution in [0.15, 0.2) is 83.3 Å². The van der Waals surface area contributed by atoms with Gasteiger partial charge in [-0.25, -0.2) is 4.98 Å². The van der Waals surface area contributed by atoms with Crippen molar-refractivity contribution in [3.63, 3.8) is 0 Å². The Morgan fingerprint density at radius 1 is 0.923 bits per heavy atom. The van der Waals surface area contributed by atoms with Crippen LogP contribution in [0.4, 0.5) is 0 Å². The maximum Gasteiger partial charge on any atom is 0.251 e. The quantitative estimate of drug-likeness (QED) is 0.215. The lowest BCUT2D eigenvalue weighted by molar-refractivity contribution is -0.135. The van der Waals surface area contributed by atoms with E-state index in [1.54, 1.807) is 12.1 Å². The third kappa shape index (κ3) is 6.95. The van der Waals surface area contributed by atoms with E-state index < -0.39 is 0 Å². The Balaban J connectivity index is 1.29. The molecule has 1 fully saturated rings. The lowest BCUT2D eigenvalue weighted by atomic mass is 9.93. The van der Waals surface area contributed by atoms with Crippen molar-refractivity contribution < 1.29 is 9.59 Å². The summed E-state index contributed by atoms with van der Waals surface area (Å²) in [5.41, 5.74) is 3.67. The fourth-order valence-corrected chi connectivity index (χ4v) is 5.73. The number of hydrogen-bond acceptors (Lipinski definition) is 3. The number of carbonyl (C=O) groups excluding carboxylic acids is 2. The Morgan fingerprint density at radius 3 is 2.41 bits per heavy atom. The van der Waals surface area contributed by atoms with Crippen LogP contribution in [0.25, 0.3) is 11.0 Å². The minimum atomic E-state index is -0.0878. The van der Waals surface area contributed by atoms with E-state index in [0.29, 0.717) is 25.1 Å². The van der Waals surface area contributed by atoms with E-state index in [4.69, 9.17) is 4.98 Å². The zero-order valence-corrected chi connectivity index (χ0v) is 23.8. The van der Waals surface area contributed by atoms with Gasteiger partial charge in [0.05, 0.1) is 11.0 Å². The number of para-hydroxylation sites is 2. The molecule has 0 unspecified atom stereocenters. The van der Waals surface area contributed by atoms with Gasteiger partial charge in [0.15, 0.2) is 0 Å². The third-order valence-electron chi connectivity index (χ3n) is 7.53. The monoisotopic (exact) mass is 586 g/mol. The van der Waals surface area contributed by atoms with Crippen molar-refractivity contribution in [2.24, 2.45) is 0 Å². The lowest BCUT2D eigenvalue weighted by Gasteiger charge is -2.35. The Morgan fingerprint density at radius 2 is 1.64 bits per heavy atom. The number of nitrogens with one attached hydrogen (secondary N) is 1. The first-order valence-electron chi connectivity index (χ1n) is 13.9. The summed E-state index contributed by atoms with van der Waals surface area (Å²) in [5.74, 6) is 0.930. The molecule has 0 bridgehead atoms. The van der Waals surface area contributed by atoms with Crippen molar-refractivity contribution in [3.05, 3.63) is 100 Å². The van der Waals surface area contributed by atoms with Gasteiger partial charge in [0, 0.05) is 35.6 Å². The number of halogens is 1. The van der Waals surface area contributed by atoms with Gasteiger partial charge >= 0.3 is 0 Å². The van der Waals surface area contributed by atoms with Gasteiger partial charge in [-0.15, -0.1) is 0 Å². The third-order valence-corrected chi connectivity index (χ3v) is 8.06. The molecule has 39 heavy (non-hydrogen) atoms. The van der Waals surface area contributed by atoms with E-state index in [1.165, 1.54) is 19.3 Å². The molecule has 1 aliphatic rings. The van der Waals surface area contributed by atoms with Gasteiger partial charge in [0.2, 0.25) is 5.91 Å². The molecule has 1 N–H and O–H groups in total. The molecule has 202 valence electrons. The Labute approximate surface area is 238 Å². The fraction of sp³-hybridized carbons (Fsp3) is 0.344. The van der Waals surface area contributed by atoms with Crippen molar-refractivity contribution in [3.8, 4) is 0 Å². The van der Waals surface area contributed by atoms with Gasteiger partial charge in [-0.1, -0.05) is 77.7 Å². The first-order chi connectivity index (χ1) is 19.1. The van der Waals surface area contributed by atoms with Gasteiger partial charge < -0.3 is 14.8 Å². The number of aryl methyl sites for hydroxylation is 1. The zero-order valence-electron chi connectivity index (χ0n) is 22.2. The Bertz CT molecular complexity index is 1390. The molecular formula is C32H35BrN4O2. The predicted molar refractivity (Wildman–Crippen MR) is 158 cm³/mol. The zero-order chi connectivity index (χ0) is 27.0. The first-order valence-corrected chi connectivity index (χ1v) is 14.7. The number of rotatable bonds is 10. The highest BCUT2D eigenvalue weighted by atomic mass is 79.9. The molecule has 2 amide bonds. The topological polar surface area (TPSA) is 67.2 Å². The molecule has 0 aliphatic heterocycles. The van der Waals surface area contributed by atoms with Crippen molar-refractivity contribution in [1.29, 1.82) is 0 Å². The summed E-state index contributed by atoms with van der Waals surface area (Å²) >= 11 is 3.40. The normalized spacial score (nSPS) is 13.9. The number of aromatic nitrogens is 2. The van der Waals surface area contributed by atoms with Crippen molar-refractivity contribution in [1.82, 2.24) is 19.8 Å². The number of imidazole rings is 1. The molecule has 7 heteroatoms. The molecule has 0 radical (unpaired) electrons. The summed E-state index contributed by atoms with van der Waals surface area (Å²) in [5, 5.41) is 3.00. The molecule has 1 aromatic heterocycles. The van der Waals surface area contributed by atoms with E-state index in [2.05, 4.69) is 42.8 Å². The molecule has 4 aromatic rings. The second-order valence-electron chi connectivity index (χ2n) is 10.3. The van der Waals surface area contributed by atoms with Crippen LogP contribution in [-0.4, -0.2) is 38.9 Å². The highest BCUT2D eigenvalue weighted by Gasteiger charge is 2.27. The highest BCUT2D eigenvalue weighted by Crippen LogP contribution is 2.26. The van der Waals surface area contributed by atoms with Crippen LogP contribution in [-0.2, 0) is 24.3 Å². The van der Waals surface area contributed by atoms with Gasteiger partial charge in [-0.3, -0.25) is 9.59 Å². The number of benzene rings is 3. The van der Waals surface area contributed by atoms with E-state index in [-0.39, 0.29) is 24.4 Å². The van der Waals surface area contributed by atoms with Crippen LogP contribution in [0.1, 0.15) is 60.3 Å². The van der Waals surface area contributed by atoms with E-state index in [0.717, 1.165) is 46.2 Å². The summed E-state index contributed by atoms with van der Waals surface area (Å²) < 4.78 is 3.02. The van der Waals surface area contributed by atoms with Gasteiger partial charge in [-0.2, -0.15) is 0 Å². The molecule has 0 atom stereocenters. The summed E-state index contributed by atoms with van der Waals surface area (Å²) in [7, 11) is 0. The second kappa shape index (κ2) is 13.1. The molecule has 0 spiro atoms.